The Balaban J connectivity index is 2.64. The van der Waals surface area contributed by atoms with E-state index < -0.39 is 0 Å². The zero-order chi connectivity index (χ0) is 12.0. The molecule has 0 saturated carbocycles. The van der Waals surface area contributed by atoms with Gasteiger partial charge in [0.2, 0.25) is 0 Å². The fourth-order valence-electron chi connectivity index (χ4n) is 1.81. The van der Waals surface area contributed by atoms with E-state index in [0.717, 1.165) is 19.3 Å². The lowest BCUT2D eigenvalue weighted by molar-refractivity contribution is 0.0957. The average molecular weight is 240 g/mol. The molecule has 1 unspecified atom stereocenters. The van der Waals surface area contributed by atoms with Gasteiger partial charge in [0.15, 0.2) is 5.78 Å². The van der Waals surface area contributed by atoms with Gasteiger partial charge in [-0.25, -0.2) is 4.98 Å². The minimum Gasteiger partial charge on any atom is -0.294 e. The highest BCUT2D eigenvalue weighted by Crippen LogP contribution is 2.19. The number of hydrogen-bond donors (Lipinski definition) is 0. The van der Waals surface area contributed by atoms with Crippen LogP contribution in [0.2, 0.25) is 5.15 Å². The summed E-state index contributed by atoms with van der Waals surface area (Å²) in [4.78, 5) is 15.8. The van der Waals surface area contributed by atoms with Crippen molar-refractivity contribution in [2.45, 2.75) is 39.5 Å². The monoisotopic (exact) mass is 239 g/mol. The van der Waals surface area contributed by atoms with E-state index in [1.54, 1.807) is 18.3 Å². The summed E-state index contributed by atoms with van der Waals surface area (Å²) in [6.07, 6.45) is 5.49. The molecule has 0 aliphatic carbocycles. The second-order valence-electron chi connectivity index (χ2n) is 4.06. The molecule has 1 rings (SSSR count). The lowest BCUT2D eigenvalue weighted by Gasteiger charge is -2.12. The summed E-state index contributed by atoms with van der Waals surface area (Å²) in [5, 5.41) is 0.384. The van der Waals surface area contributed by atoms with Crippen LogP contribution >= 0.6 is 11.6 Å². The maximum atomic E-state index is 12.0. The van der Waals surface area contributed by atoms with Crippen LogP contribution in [0.5, 0.6) is 0 Å². The highest BCUT2D eigenvalue weighted by Gasteiger charge is 2.13. The highest BCUT2D eigenvalue weighted by molar-refractivity contribution is 6.29. The molecule has 2 nitrogen and oxygen atoms in total. The van der Waals surface area contributed by atoms with Crippen molar-refractivity contribution in [2.24, 2.45) is 5.92 Å². The maximum Gasteiger partial charge on any atom is 0.163 e. The van der Waals surface area contributed by atoms with E-state index in [-0.39, 0.29) is 5.78 Å². The Morgan fingerprint density at radius 3 is 2.81 bits per heavy atom. The molecule has 16 heavy (non-hydrogen) atoms. The molecule has 0 bridgehead atoms. The topological polar surface area (TPSA) is 30.0 Å². The van der Waals surface area contributed by atoms with Crippen molar-refractivity contribution in [2.75, 3.05) is 0 Å². The van der Waals surface area contributed by atoms with Gasteiger partial charge in [-0.05, 0) is 18.1 Å². The van der Waals surface area contributed by atoms with Crippen molar-refractivity contribution >= 4 is 17.4 Å². The van der Waals surface area contributed by atoms with Gasteiger partial charge in [0, 0.05) is 18.2 Å². The normalized spacial score (nSPS) is 12.4. The molecule has 0 aromatic carbocycles. The zero-order valence-corrected chi connectivity index (χ0v) is 10.6. The standard InChI is InChI=1S/C13H18ClNO/c1-3-5-10(4-2)8-12(16)11-6-7-15-13(14)9-11/h6-7,9-10H,3-5,8H2,1-2H3. The molecule has 0 fully saturated rings. The van der Waals surface area contributed by atoms with Crippen molar-refractivity contribution in [1.29, 1.82) is 0 Å². The molecule has 0 spiro atoms. The Hall–Kier alpha value is -0.890. The first-order valence-electron chi connectivity index (χ1n) is 5.82. The predicted molar refractivity (Wildman–Crippen MR) is 66.9 cm³/mol. The van der Waals surface area contributed by atoms with Crippen LogP contribution in [0.15, 0.2) is 18.3 Å². The van der Waals surface area contributed by atoms with E-state index in [4.69, 9.17) is 11.6 Å². The van der Waals surface area contributed by atoms with E-state index in [0.29, 0.717) is 23.1 Å². The van der Waals surface area contributed by atoms with E-state index in [2.05, 4.69) is 18.8 Å². The molecule has 1 heterocycles. The number of pyridine rings is 1. The predicted octanol–water partition coefficient (Wildman–Crippen LogP) is 4.13. The van der Waals surface area contributed by atoms with Gasteiger partial charge >= 0.3 is 0 Å². The van der Waals surface area contributed by atoms with Gasteiger partial charge in [-0.1, -0.05) is 44.7 Å². The quantitative estimate of drug-likeness (QED) is 0.552. The van der Waals surface area contributed by atoms with Crippen molar-refractivity contribution in [3.05, 3.63) is 29.0 Å². The van der Waals surface area contributed by atoms with Crippen LogP contribution in [-0.4, -0.2) is 10.8 Å². The zero-order valence-electron chi connectivity index (χ0n) is 9.87. The first-order valence-corrected chi connectivity index (χ1v) is 6.19. The molecule has 1 aromatic heterocycles. The molecular formula is C13H18ClNO. The summed E-state index contributed by atoms with van der Waals surface area (Å²) in [5.41, 5.74) is 0.676. The van der Waals surface area contributed by atoms with Gasteiger partial charge in [-0.3, -0.25) is 4.79 Å². The Morgan fingerprint density at radius 2 is 2.25 bits per heavy atom. The van der Waals surface area contributed by atoms with Crippen LogP contribution in [0.1, 0.15) is 49.9 Å². The number of carbonyl (C=O) groups excluding carboxylic acids is 1. The summed E-state index contributed by atoms with van der Waals surface area (Å²) >= 11 is 5.76. The number of rotatable bonds is 6. The largest absolute Gasteiger partial charge is 0.294 e. The molecule has 0 aliphatic heterocycles. The second-order valence-corrected chi connectivity index (χ2v) is 4.44. The van der Waals surface area contributed by atoms with E-state index in [1.807, 2.05) is 0 Å². The molecule has 88 valence electrons. The first kappa shape index (κ1) is 13.2. The van der Waals surface area contributed by atoms with Crippen molar-refractivity contribution in [3.63, 3.8) is 0 Å². The SMILES string of the molecule is CCCC(CC)CC(=O)c1ccnc(Cl)c1. The maximum absolute atomic E-state index is 12.0. The fraction of sp³-hybridized carbons (Fsp3) is 0.538. The Morgan fingerprint density at radius 1 is 1.50 bits per heavy atom. The number of ketones is 1. The number of aromatic nitrogens is 1. The van der Waals surface area contributed by atoms with Crippen LogP contribution in [0.3, 0.4) is 0 Å². The average Bonchev–Trinajstić information content (AvgIpc) is 2.28. The third-order valence-electron chi connectivity index (χ3n) is 2.80. The smallest absolute Gasteiger partial charge is 0.163 e. The van der Waals surface area contributed by atoms with E-state index >= 15 is 0 Å². The van der Waals surface area contributed by atoms with Gasteiger partial charge in [0.05, 0.1) is 0 Å². The van der Waals surface area contributed by atoms with Gasteiger partial charge in [-0.15, -0.1) is 0 Å². The Labute approximate surface area is 102 Å². The van der Waals surface area contributed by atoms with Crippen LogP contribution in [0, 0.1) is 5.92 Å². The Kier molecular flexibility index (Phi) is 5.47. The lowest BCUT2D eigenvalue weighted by Crippen LogP contribution is -2.08. The van der Waals surface area contributed by atoms with Crippen LogP contribution in [0.4, 0.5) is 0 Å². The van der Waals surface area contributed by atoms with Gasteiger partial charge in [-0.2, -0.15) is 0 Å². The molecule has 3 heteroatoms. The molecule has 1 atom stereocenters. The summed E-state index contributed by atoms with van der Waals surface area (Å²) in [7, 11) is 0. The number of Topliss-reactive ketones (excluding diaryl/α,β-unsaturated/α-hetero) is 1. The number of hydrogen-bond acceptors (Lipinski definition) is 2. The molecule has 0 N–H and O–H groups in total. The fourth-order valence-corrected chi connectivity index (χ4v) is 1.99. The van der Waals surface area contributed by atoms with Gasteiger partial charge in [0.1, 0.15) is 5.15 Å². The van der Waals surface area contributed by atoms with Crippen molar-refractivity contribution in [3.8, 4) is 0 Å². The van der Waals surface area contributed by atoms with Crippen molar-refractivity contribution in [1.82, 2.24) is 4.98 Å². The molecule has 1 aromatic rings. The van der Waals surface area contributed by atoms with Crippen molar-refractivity contribution < 1.29 is 4.79 Å². The summed E-state index contributed by atoms with van der Waals surface area (Å²) in [6.45, 7) is 4.28. The minimum absolute atomic E-state index is 0.171. The van der Waals surface area contributed by atoms with E-state index in [9.17, 15) is 4.79 Å². The first-order chi connectivity index (χ1) is 7.67. The van der Waals surface area contributed by atoms with Crippen LogP contribution < -0.4 is 0 Å². The molecule has 0 aliphatic rings. The van der Waals surface area contributed by atoms with Gasteiger partial charge in [0.25, 0.3) is 0 Å². The lowest BCUT2D eigenvalue weighted by atomic mass is 9.93. The Bertz CT molecular complexity index is 352. The number of nitrogens with zero attached hydrogens (tertiary/aromatic N) is 1. The van der Waals surface area contributed by atoms with Gasteiger partial charge < -0.3 is 0 Å². The molecular weight excluding hydrogens is 222 g/mol. The minimum atomic E-state index is 0.171. The number of halogens is 1. The molecule has 0 radical (unpaired) electrons. The molecule has 0 saturated heterocycles. The third-order valence-corrected chi connectivity index (χ3v) is 3.00. The van der Waals surface area contributed by atoms with E-state index in [1.165, 1.54) is 0 Å². The highest BCUT2D eigenvalue weighted by atomic mass is 35.5. The third kappa shape index (κ3) is 3.93. The second kappa shape index (κ2) is 6.64. The number of carbonyl (C=O) groups is 1. The summed E-state index contributed by atoms with van der Waals surface area (Å²) in [5.74, 6) is 0.661. The van der Waals surface area contributed by atoms with Crippen LogP contribution in [-0.2, 0) is 0 Å². The summed E-state index contributed by atoms with van der Waals surface area (Å²) in [6, 6.07) is 3.37. The molecule has 0 amide bonds. The summed E-state index contributed by atoms with van der Waals surface area (Å²) < 4.78 is 0. The van der Waals surface area contributed by atoms with Crippen LogP contribution in [0.25, 0.3) is 0 Å².